The molecule has 9 heteroatoms. The summed E-state index contributed by atoms with van der Waals surface area (Å²) in [5.41, 5.74) is 5.58. The van der Waals surface area contributed by atoms with E-state index in [-0.39, 0.29) is 23.6 Å². The van der Waals surface area contributed by atoms with Gasteiger partial charge < -0.3 is 15.2 Å². The summed E-state index contributed by atoms with van der Waals surface area (Å²) in [5.74, 6) is -8.69. The standard InChI is InChI=1S/C16H13F4NO3S/c1-3-23-16(22)7-4-5-9(8(21)6-7)24-14-10(17)12(19)15(25-2)13(20)11(14)18/h4-6H,3,21H2,1-2H3. The number of halogens is 4. The zero-order valence-corrected chi connectivity index (χ0v) is 14.0. The number of esters is 1. The first kappa shape index (κ1) is 18.9. The van der Waals surface area contributed by atoms with Crippen LogP contribution in [0.25, 0.3) is 0 Å². The molecular weight excluding hydrogens is 362 g/mol. The minimum Gasteiger partial charge on any atom is -0.462 e. The molecule has 0 saturated carbocycles. The lowest BCUT2D eigenvalue weighted by molar-refractivity contribution is 0.0526. The van der Waals surface area contributed by atoms with Gasteiger partial charge in [0.15, 0.2) is 17.4 Å². The highest BCUT2D eigenvalue weighted by atomic mass is 32.2. The molecule has 0 amide bonds. The molecule has 25 heavy (non-hydrogen) atoms. The summed E-state index contributed by atoms with van der Waals surface area (Å²) in [4.78, 5) is 10.8. The van der Waals surface area contributed by atoms with Crippen LogP contribution in [0.3, 0.4) is 0 Å². The summed E-state index contributed by atoms with van der Waals surface area (Å²) in [7, 11) is 0. The third-order valence-corrected chi connectivity index (χ3v) is 3.89. The van der Waals surface area contributed by atoms with Gasteiger partial charge in [-0.15, -0.1) is 11.8 Å². The molecule has 2 aromatic carbocycles. The summed E-state index contributed by atoms with van der Waals surface area (Å²) < 4.78 is 65.2. The lowest BCUT2D eigenvalue weighted by Gasteiger charge is -2.13. The first-order chi connectivity index (χ1) is 11.8. The van der Waals surface area contributed by atoms with Crippen LogP contribution in [0.4, 0.5) is 23.2 Å². The van der Waals surface area contributed by atoms with Gasteiger partial charge in [0, 0.05) is 0 Å². The van der Waals surface area contributed by atoms with E-state index in [2.05, 4.69) is 0 Å². The number of hydrogen-bond donors (Lipinski definition) is 1. The smallest absolute Gasteiger partial charge is 0.338 e. The highest BCUT2D eigenvalue weighted by Gasteiger charge is 2.27. The van der Waals surface area contributed by atoms with Crippen molar-refractivity contribution >= 4 is 23.4 Å². The number of anilines is 1. The Kier molecular flexibility index (Phi) is 5.78. The van der Waals surface area contributed by atoms with Crippen molar-refractivity contribution in [3.05, 3.63) is 47.0 Å². The number of nitrogens with two attached hydrogens (primary N) is 1. The van der Waals surface area contributed by atoms with Gasteiger partial charge in [-0.25, -0.2) is 13.6 Å². The predicted octanol–water partition coefficient (Wildman–Crippen LogP) is 4.52. The predicted molar refractivity (Wildman–Crippen MR) is 84.9 cm³/mol. The van der Waals surface area contributed by atoms with Crippen molar-refractivity contribution in [2.24, 2.45) is 0 Å². The van der Waals surface area contributed by atoms with Crippen LogP contribution in [-0.4, -0.2) is 18.8 Å². The molecule has 0 spiro atoms. The number of carbonyl (C=O) groups excluding carboxylic acids is 1. The Bertz CT molecular complexity index is 801. The van der Waals surface area contributed by atoms with Crippen LogP contribution in [-0.2, 0) is 4.74 Å². The minimum atomic E-state index is -1.68. The fourth-order valence-electron chi connectivity index (χ4n) is 1.95. The van der Waals surface area contributed by atoms with E-state index in [1.807, 2.05) is 0 Å². The molecular formula is C16H13F4NO3S. The Morgan fingerprint density at radius 3 is 2.20 bits per heavy atom. The van der Waals surface area contributed by atoms with Gasteiger partial charge in [-0.3, -0.25) is 0 Å². The van der Waals surface area contributed by atoms with Crippen LogP contribution in [0, 0.1) is 23.3 Å². The maximum absolute atomic E-state index is 14.0. The van der Waals surface area contributed by atoms with Gasteiger partial charge in [0.2, 0.25) is 17.4 Å². The molecule has 0 heterocycles. The average molecular weight is 375 g/mol. The third kappa shape index (κ3) is 3.65. The molecule has 0 saturated heterocycles. The maximum Gasteiger partial charge on any atom is 0.338 e. The van der Waals surface area contributed by atoms with Gasteiger partial charge in [-0.05, 0) is 31.4 Å². The second kappa shape index (κ2) is 7.64. The van der Waals surface area contributed by atoms with E-state index >= 15 is 0 Å². The number of carbonyl (C=O) groups is 1. The molecule has 0 aliphatic carbocycles. The van der Waals surface area contributed by atoms with Crippen molar-refractivity contribution in [1.29, 1.82) is 0 Å². The quantitative estimate of drug-likeness (QED) is 0.274. The number of benzene rings is 2. The molecule has 134 valence electrons. The van der Waals surface area contributed by atoms with Crippen molar-refractivity contribution < 1.29 is 31.8 Å². The van der Waals surface area contributed by atoms with Crippen molar-refractivity contribution in [3.8, 4) is 11.5 Å². The van der Waals surface area contributed by atoms with E-state index in [0.29, 0.717) is 11.8 Å². The van der Waals surface area contributed by atoms with E-state index in [1.165, 1.54) is 12.3 Å². The van der Waals surface area contributed by atoms with Gasteiger partial charge >= 0.3 is 5.97 Å². The first-order valence-corrected chi connectivity index (χ1v) is 8.18. The van der Waals surface area contributed by atoms with Crippen LogP contribution in [0.5, 0.6) is 11.5 Å². The molecule has 0 unspecified atom stereocenters. The van der Waals surface area contributed by atoms with E-state index < -0.39 is 39.9 Å². The summed E-state index contributed by atoms with van der Waals surface area (Å²) in [6.07, 6.45) is 1.27. The van der Waals surface area contributed by atoms with E-state index in [0.717, 1.165) is 12.1 Å². The molecule has 2 aromatic rings. The van der Waals surface area contributed by atoms with Crippen LogP contribution in [0.15, 0.2) is 23.1 Å². The zero-order chi connectivity index (χ0) is 18.7. The normalized spacial score (nSPS) is 10.6. The second-order valence-electron chi connectivity index (χ2n) is 4.69. The molecule has 0 fully saturated rings. The summed E-state index contributed by atoms with van der Waals surface area (Å²) in [5, 5.41) is 0. The molecule has 0 aliphatic rings. The summed E-state index contributed by atoms with van der Waals surface area (Å²) >= 11 is 0.517. The number of ether oxygens (including phenoxy) is 2. The van der Waals surface area contributed by atoms with Gasteiger partial charge in [0.1, 0.15) is 0 Å². The molecule has 0 radical (unpaired) electrons. The minimum absolute atomic E-state index is 0.0859. The Morgan fingerprint density at radius 2 is 1.72 bits per heavy atom. The number of hydrogen-bond acceptors (Lipinski definition) is 5. The Hall–Kier alpha value is -2.42. The molecule has 2 N–H and O–H groups in total. The molecule has 0 aromatic heterocycles. The highest BCUT2D eigenvalue weighted by Crippen LogP contribution is 2.38. The lowest BCUT2D eigenvalue weighted by Crippen LogP contribution is -2.06. The fraction of sp³-hybridized carbons (Fsp3) is 0.188. The Morgan fingerprint density at radius 1 is 1.12 bits per heavy atom. The van der Waals surface area contributed by atoms with Gasteiger partial charge in [0.25, 0.3) is 0 Å². The van der Waals surface area contributed by atoms with E-state index in [4.69, 9.17) is 15.2 Å². The van der Waals surface area contributed by atoms with E-state index in [9.17, 15) is 22.4 Å². The third-order valence-electron chi connectivity index (χ3n) is 3.12. The molecule has 4 nitrogen and oxygen atoms in total. The van der Waals surface area contributed by atoms with Crippen molar-refractivity contribution in [3.63, 3.8) is 0 Å². The molecule has 0 bridgehead atoms. The topological polar surface area (TPSA) is 61.5 Å². The van der Waals surface area contributed by atoms with E-state index in [1.54, 1.807) is 6.92 Å². The highest BCUT2D eigenvalue weighted by molar-refractivity contribution is 7.98. The van der Waals surface area contributed by atoms with Crippen LogP contribution < -0.4 is 10.5 Å². The fourth-order valence-corrected chi connectivity index (χ4v) is 2.49. The molecule has 0 aliphatic heterocycles. The number of rotatable bonds is 5. The van der Waals surface area contributed by atoms with Crippen molar-refractivity contribution in [2.45, 2.75) is 11.8 Å². The van der Waals surface area contributed by atoms with Crippen molar-refractivity contribution in [1.82, 2.24) is 0 Å². The summed E-state index contributed by atoms with van der Waals surface area (Å²) in [6, 6.07) is 3.54. The maximum atomic E-state index is 14.0. The van der Waals surface area contributed by atoms with Crippen LogP contribution >= 0.6 is 11.8 Å². The van der Waals surface area contributed by atoms with Gasteiger partial charge in [-0.2, -0.15) is 8.78 Å². The zero-order valence-electron chi connectivity index (χ0n) is 13.2. The Labute approximate surface area is 144 Å². The monoisotopic (exact) mass is 375 g/mol. The van der Waals surface area contributed by atoms with Gasteiger partial charge in [0.05, 0.1) is 22.8 Å². The van der Waals surface area contributed by atoms with Gasteiger partial charge in [-0.1, -0.05) is 0 Å². The molecule has 2 rings (SSSR count). The van der Waals surface area contributed by atoms with Crippen molar-refractivity contribution in [2.75, 3.05) is 18.6 Å². The average Bonchev–Trinajstić information content (AvgIpc) is 2.59. The first-order valence-electron chi connectivity index (χ1n) is 6.96. The number of nitrogen functional groups attached to an aromatic ring is 1. The second-order valence-corrected chi connectivity index (χ2v) is 5.51. The number of thioether (sulfide) groups is 1. The van der Waals surface area contributed by atoms with Crippen LogP contribution in [0.1, 0.15) is 17.3 Å². The molecule has 0 atom stereocenters. The summed E-state index contributed by atoms with van der Waals surface area (Å²) in [6.45, 7) is 1.76. The van der Waals surface area contributed by atoms with Crippen LogP contribution in [0.2, 0.25) is 0 Å². The Balaban J connectivity index is 2.42. The largest absolute Gasteiger partial charge is 0.462 e. The SMILES string of the molecule is CCOC(=O)c1ccc(Oc2c(F)c(F)c(SC)c(F)c2F)c(N)c1. The lowest BCUT2D eigenvalue weighted by atomic mass is 10.2.